The highest BCUT2D eigenvalue weighted by molar-refractivity contribution is 5.89. The first-order valence-electron chi connectivity index (χ1n) is 9.65. The van der Waals surface area contributed by atoms with Gasteiger partial charge in [0.1, 0.15) is 0 Å². The number of aromatic nitrogens is 1. The zero-order valence-corrected chi connectivity index (χ0v) is 16.5. The molecule has 154 valence electrons. The van der Waals surface area contributed by atoms with Crippen LogP contribution >= 0.6 is 0 Å². The first-order valence-corrected chi connectivity index (χ1v) is 9.65. The predicted octanol–water partition coefficient (Wildman–Crippen LogP) is 2.82. The Morgan fingerprint density at radius 3 is 2.38 bits per heavy atom. The summed E-state index contributed by atoms with van der Waals surface area (Å²) in [7, 11) is 0. The van der Waals surface area contributed by atoms with Crippen LogP contribution in [0.1, 0.15) is 19.0 Å². The third-order valence-electron chi connectivity index (χ3n) is 4.44. The van der Waals surface area contributed by atoms with E-state index in [4.69, 9.17) is 15.2 Å². The second-order valence-corrected chi connectivity index (χ2v) is 6.51. The second kappa shape index (κ2) is 11.6. The van der Waals surface area contributed by atoms with E-state index in [1.165, 1.54) is 28.9 Å². The summed E-state index contributed by atoms with van der Waals surface area (Å²) in [5, 5.41) is 19.1. The van der Waals surface area contributed by atoms with Gasteiger partial charge in [-0.3, -0.25) is 4.98 Å². The van der Waals surface area contributed by atoms with Gasteiger partial charge in [-0.2, -0.15) is 0 Å². The third-order valence-corrected chi connectivity index (χ3v) is 4.44. The lowest BCUT2D eigenvalue weighted by Crippen LogP contribution is -2.29. The average molecular weight is 397 g/mol. The lowest BCUT2D eigenvalue weighted by molar-refractivity contribution is -0.134. The Balaban J connectivity index is 0.000000321. The van der Waals surface area contributed by atoms with Crippen molar-refractivity contribution >= 4 is 17.6 Å². The predicted molar refractivity (Wildman–Crippen MR) is 113 cm³/mol. The maximum atomic E-state index is 9.55. The number of aryl methyl sites for hydroxylation is 1. The molecule has 7 heteroatoms. The fourth-order valence-corrected chi connectivity index (χ4v) is 3.05. The van der Waals surface area contributed by atoms with Gasteiger partial charge in [-0.05, 0) is 31.0 Å². The summed E-state index contributed by atoms with van der Waals surface area (Å²) >= 11 is 0. The quantitative estimate of drug-likeness (QED) is 0.667. The fourth-order valence-electron chi connectivity index (χ4n) is 3.05. The van der Waals surface area contributed by atoms with Crippen LogP contribution in [0.15, 0.2) is 54.7 Å². The Kier molecular flexibility index (Phi) is 8.85. The topological polar surface area (TPSA) is 103 Å². The first-order chi connectivity index (χ1) is 14.0. The van der Waals surface area contributed by atoms with E-state index in [1.54, 1.807) is 0 Å². The molecule has 1 aliphatic rings. The van der Waals surface area contributed by atoms with Crippen LogP contribution in [0.5, 0.6) is 0 Å². The van der Waals surface area contributed by atoms with Gasteiger partial charge >= 0.3 is 11.9 Å². The van der Waals surface area contributed by atoms with Gasteiger partial charge < -0.3 is 20.4 Å². The highest BCUT2D eigenvalue weighted by Crippen LogP contribution is 2.27. The largest absolute Gasteiger partial charge is 0.478 e. The number of carbonyl (C=O) groups is 2. The van der Waals surface area contributed by atoms with Crippen molar-refractivity contribution < 1.29 is 19.8 Å². The van der Waals surface area contributed by atoms with Crippen LogP contribution in [0.4, 0.5) is 5.69 Å². The van der Waals surface area contributed by atoms with Gasteiger partial charge in [0.15, 0.2) is 0 Å². The smallest absolute Gasteiger partial charge is 0.328 e. The van der Waals surface area contributed by atoms with Gasteiger partial charge in [-0.15, -0.1) is 0 Å². The van der Waals surface area contributed by atoms with Crippen LogP contribution in [0.3, 0.4) is 0 Å². The van der Waals surface area contributed by atoms with E-state index >= 15 is 0 Å². The minimum Gasteiger partial charge on any atom is -0.478 e. The lowest BCUT2D eigenvalue weighted by Gasteiger charge is -2.25. The van der Waals surface area contributed by atoms with E-state index in [0.29, 0.717) is 12.2 Å². The molecule has 3 N–H and O–H groups in total. The number of nitrogens with zero attached hydrogens (tertiary/aromatic N) is 2. The number of anilines is 1. The molecule has 1 aromatic heterocycles. The zero-order chi connectivity index (χ0) is 21.1. The standard InChI is InChI=1S/C18H23N3.C4H4O4/c1-2-17-18(21-11-6-9-19-10-12-21)13-16(14-20-17)15-7-4-3-5-8-15;5-3(6)1-2-4(7)8/h3-5,7-8,13-14,19H,2,6,9-12H2,1H3;1-2H,(H,5,6)(H,7,8)/b;2-1+. The molecule has 1 fully saturated rings. The van der Waals surface area contributed by atoms with Crippen LogP contribution in [0.2, 0.25) is 0 Å². The monoisotopic (exact) mass is 397 g/mol. The van der Waals surface area contributed by atoms with Gasteiger partial charge in [-0.25, -0.2) is 9.59 Å². The molecule has 2 aromatic rings. The molecule has 0 amide bonds. The van der Waals surface area contributed by atoms with Gasteiger partial charge in [0.25, 0.3) is 0 Å². The van der Waals surface area contributed by atoms with E-state index in [1.807, 2.05) is 6.20 Å². The summed E-state index contributed by atoms with van der Waals surface area (Å²) in [5.74, 6) is -2.51. The number of hydrogen-bond donors (Lipinski definition) is 3. The van der Waals surface area contributed by atoms with Crippen LogP contribution in [-0.4, -0.2) is 53.3 Å². The number of rotatable bonds is 5. The second-order valence-electron chi connectivity index (χ2n) is 6.51. The van der Waals surface area contributed by atoms with Crippen molar-refractivity contribution in [3.8, 4) is 11.1 Å². The number of aliphatic carboxylic acids is 2. The maximum Gasteiger partial charge on any atom is 0.328 e. The highest BCUT2D eigenvalue weighted by atomic mass is 16.4. The van der Waals surface area contributed by atoms with Crippen molar-refractivity contribution in [2.24, 2.45) is 0 Å². The lowest BCUT2D eigenvalue weighted by atomic mass is 10.1. The highest BCUT2D eigenvalue weighted by Gasteiger charge is 2.14. The molecule has 0 saturated carbocycles. The third kappa shape index (κ3) is 7.38. The molecule has 0 spiro atoms. The molecule has 1 saturated heterocycles. The van der Waals surface area contributed by atoms with Gasteiger partial charge in [0.05, 0.1) is 11.4 Å². The number of benzene rings is 1. The molecule has 29 heavy (non-hydrogen) atoms. The number of hydrogen-bond acceptors (Lipinski definition) is 5. The molecule has 0 radical (unpaired) electrons. The average Bonchev–Trinajstić information content (AvgIpc) is 3.02. The van der Waals surface area contributed by atoms with E-state index in [2.05, 4.69) is 53.5 Å². The maximum absolute atomic E-state index is 9.55. The molecule has 1 aromatic carbocycles. The fraction of sp³-hybridized carbons (Fsp3) is 0.318. The molecular formula is C22H27N3O4. The molecular weight excluding hydrogens is 370 g/mol. The van der Waals surface area contributed by atoms with E-state index in [0.717, 1.165) is 32.6 Å². The zero-order valence-electron chi connectivity index (χ0n) is 16.5. The molecule has 0 bridgehead atoms. The molecule has 2 heterocycles. The molecule has 0 unspecified atom stereocenters. The van der Waals surface area contributed by atoms with E-state index in [-0.39, 0.29) is 0 Å². The summed E-state index contributed by atoms with van der Waals surface area (Å²) in [6, 6.07) is 12.8. The number of carboxylic acid groups (broad SMARTS) is 2. The minimum absolute atomic E-state index is 0.558. The van der Waals surface area contributed by atoms with Gasteiger partial charge in [0.2, 0.25) is 0 Å². The molecule has 3 rings (SSSR count). The van der Waals surface area contributed by atoms with Crippen molar-refractivity contribution in [3.63, 3.8) is 0 Å². The Labute approximate surface area is 170 Å². The summed E-state index contributed by atoms with van der Waals surface area (Å²) in [5.41, 5.74) is 4.96. The summed E-state index contributed by atoms with van der Waals surface area (Å²) in [4.78, 5) is 26.3. The summed E-state index contributed by atoms with van der Waals surface area (Å²) in [6.07, 6.45) is 5.30. The van der Waals surface area contributed by atoms with Crippen LogP contribution in [-0.2, 0) is 16.0 Å². The Morgan fingerprint density at radius 2 is 1.76 bits per heavy atom. The van der Waals surface area contributed by atoms with Crippen molar-refractivity contribution in [2.75, 3.05) is 31.1 Å². The Morgan fingerprint density at radius 1 is 1.07 bits per heavy atom. The van der Waals surface area contributed by atoms with Crippen molar-refractivity contribution in [3.05, 3.63) is 60.4 Å². The molecule has 7 nitrogen and oxygen atoms in total. The van der Waals surface area contributed by atoms with E-state index in [9.17, 15) is 9.59 Å². The number of pyridine rings is 1. The SMILES string of the molecule is CCc1ncc(-c2ccccc2)cc1N1CCCNCC1.O=C(O)/C=C/C(=O)O. The van der Waals surface area contributed by atoms with Crippen LogP contribution in [0, 0.1) is 0 Å². The van der Waals surface area contributed by atoms with Gasteiger partial charge in [0, 0.05) is 43.5 Å². The first kappa shape index (κ1) is 22.1. The molecule has 0 aliphatic carbocycles. The van der Waals surface area contributed by atoms with Crippen molar-refractivity contribution in [1.82, 2.24) is 10.3 Å². The van der Waals surface area contributed by atoms with Crippen LogP contribution < -0.4 is 10.2 Å². The molecule has 1 aliphatic heterocycles. The molecule has 0 atom stereocenters. The van der Waals surface area contributed by atoms with Crippen molar-refractivity contribution in [2.45, 2.75) is 19.8 Å². The van der Waals surface area contributed by atoms with Crippen LogP contribution in [0.25, 0.3) is 11.1 Å². The summed E-state index contributed by atoms with van der Waals surface area (Å²) < 4.78 is 0. The Hall–Kier alpha value is -3.19. The normalized spacial score (nSPS) is 14.0. The van der Waals surface area contributed by atoms with Crippen molar-refractivity contribution in [1.29, 1.82) is 0 Å². The van der Waals surface area contributed by atoms with Gasteiger partial charge in [-0.1, -0.05) is 37.3 Å². The minimum atomic E-state index is -1.26. The number of nitrogens with one attached hydrogen (secondary N) is 1. The number of carboxylic acids is 2. The summed E-state index contributed by atoms with van der Waals surface area (Å²) in [6.45, 7) is 6.53. The van der Waals surface area contributed by atoms with E-state index < -0.39 is 11.9 Å². The Bertz CT molecular complexity index is 813.